The number of nitrogens with zero attached hydrogens (tertiary/aromatic N) is 4. The van der Waals surface area contributed by atoms with Crippen LogP contribution in [0.5, 0.6) is 0 Å². The molecule has 0 radical (unpaired) electrons. The molecule has 1 aromatic carbocycles. The van der Waals surface area contributed by atoms with Crippen molar-refractivity contribution in [1.29, 1.82) is 0 Å². The summed E-state index contributed by atoms with van der Waals surface area (Å²) in [5, 5.41) is 13.7. The lowest BCUT2D eigenvalue weighted by Crippen LogP contribution is -2.45. The van der Waals surface area contributed by atoms with Gasteiger partial charge in [-0.3, -0.25) is 4.98 Å². The van der Waals surface area contributed by atoms with Crippen LogP contribution in [0.3, 0.4) is 0 Å². The van der Waals surface area contributed by atoms with Gasteiger partial charge in [0.05, 0.1) is 29.9 Å². The summed E-state index contributed by atoms with van der Waals surface area (Å²) in [6.45, 7) is 4.29. The van der Waals surface area contributed by atoms with Gasteiger partial charge < -0.3 is 9.63 Å². The lowest BCUT2D eigenvalue weighted by Gasteiger charge is -2.47. The molecule has 0 saturated heterocycles. The molecule has 0 fully saturated rings. The molecule has 1 N–H and O–H groups in total. The zero-order chi connectivity index (χ0) is 23.4. The third kappa shape index (κ3) is 3.10. The van der Waals surface area contributed by atoms with E-state index in [2.05, 4.69) is 24.0 Å². The summed E-state index contributed by atoms with van der Waals surface area (Å²) < 4.78 is 20.6. The molecule has 6 nitrogen and oxygen atoms in total. The molecule has 2 aliphatic rings. The monoisotopic (exact) mass is 456 g/mol. The normalized spacial score (nSPS) is 23.2. The number of aliphatic hydroxyl groups excluding tert-OH is 1. The van der Waals surface area contributed by atoms with Crippen LogP contribution in [-0.2, 0) is 24.9 Å². The summed E-state index contributed by atoms with van der Waals surface area (Å²) in [6.07, 6.45) is 5.94. The Hall–Kier alpha value is -3.45. The first-order valence-corrected chi connectivity index (χ1v) is 11.7. The standard InChI is InChI=1S/C27H25FN4O2/c1-15-21-8-7-20-23(19-5-3-4-6-22(19)28)31-26(16-9-10-29-18(11-16)14-33)32-25(20)27(21,2)12-17-13-30-34-24(15)17/h3-6,9-11,13,15,21,33H,7-8,12,14H2,1-2H3/t15-,21-,27-/m1/s1. The van der Waals surface area contributed by atoms with Crippen molar-refractivity contribution in [3.8, 4) is 22.6 Å². The van der Waals surface area contributed by atoms with E-state index >= 15 is 4.39 Å². The Morgan fingerprint density at radius 3 is 2.88 bits per heavy atom. The van der Waals surface area contributed by atoms with Crippen molar-refractivity contribution >= 4 is 0 Å². The largest absolute Gasteiger partial charge is 0.390 e. The maximum Gasteiger partial charge on any atom is 0.160 e. The number of aromatic nitrogens is 4. The second-order valence-corrected chi connectivity index (χ2v) is 9.64. The molecule has 0 saturated carbocycles. The van der Waals surface area contributed by atoms with E-state index in [0.717, 1.165) is 47.4 Å². The van der Waals surface area contributed by atoms with Crippen LogP contribution in [0.25, 0.3) is 22.6 Å². The fourth-order valence-electron chi connectivity index (χ4n) is 6.07. The average molecular weight is 457 g/mol. The van der Waals surface area contributed by atoms with Crippen molar-refractivity contribution < 1.29 is 14.0 Å². The molecular weight excluding hydrogens is 431 g/mol. The summed E-state index contributed by atoms with van der Waals surface area (Å²) in [5.74, 6) is 1.71. The summed E-state index contributed by atoms with van der Waals surface area (Å²) in [6, 6.07) is 10.4. The van der Waals surface area contributed by atoms with Gasteiger partial charge in [-0.2, -0.15) is 0 Å². The highest BCUT2D eigenvalue weighted by atomic mass is 19.1. The highest BCUT2D eigenvalue weighted by Gasteiger charge is 2.50. The number of rotatable bonds is 3. The molecule has 0 amide bonds. The second-order valence-electron chi connectivity index (χ2n) is 9.64. The number of hydrogen-bond donors (Lipinski definition) is 1. The summed E-state index contributed by atoms with van der Waals surface area (Å²) in [7, 11) is 0. The van der Waals surface area contributed by atoms with Crippen LogP contribution < -0.4 is 0 Å². The number of fused-ring (bicyclic) bond motifs is 4. The summed E-state index contributed by atoms with van der Waals surface area (Å²) in [4.78, 5) is 14.2. The third-order valence-electron chi connectivity index (χ3n) is 7.69. The number of hydrogen-bond acceptors (Lipinski definition) is 6. The Labute approximate surface area is 196 Å². The maximum atomic E-state index is 15.0. The minimum absolute atomic E-state index is 0.174. The van der Waals surface area contributed by atoms with E-state index < -0.39 is 0 Å². The van der Waals surface area contributed by atoms with Crippen LogP contribution in [0.1, 0.15) is 54.5 Å². The Kier molecular flexibility index (Phi) is 4.85. The molecule has 3 aromatic heterocycles. The van der Waals surface area contributed by atoms with Crippen LogP contribution in [0.4, 0.5) is 4.39 Å². The SMILES string of the molecule is C[C@H]1c2oncc2C[C@@]2(C)c3nc(-c4ccnc(CO)c4)nc(-c4ccccc4F)c3CC[C@H]12. The third-order valence-corrected chi connectivity index (χ3v) is 7.69. The van der Waals surface area contributed by atoms with Crippen LogP contribution in [0.2, 0.25) is 0 Å². The molecule has 3 atom stereocenters. The van der Waals surface area contributed by atoms with Crippen LogP contribution >= 0.6 is 0 Å². The fourth-order valence-corrected chi connectivity index (χ4v) is 6.07. The van der Waals surface area contributed by atoms with E-state index in [1.165, 1.54) is 6.07 Å². The topological polar surface area (TPSA) is 84.9 Å². The Bertz CT molecular complexity index is 1400. The van der Waals surface area contributed by atoms with Gasteiger partial charge in [0.25, 0.3) is 0 Å². The molecule has 4 aromatic rings. The first kappa shape index (κ1) is 21.1. The van der Waals surface area contributed by atoms with E-state index in [4.69, 9.17) is 14.5 Å². The first-order chi connectivity index (χ1) is 16.5. The van der Waals surface area contributed by atoms with Crippen molar-refractivity contribution in [2.75, 3.05) is 0 Å². The van der Waals surface area contributed by atoms with Crippen molar-refractivity contribution in [3.05, 3.63) is 82.9 Å². The summed E-state index contributed by atoms with van der Waals surface area (Å²) in [5.41, 5.74) is 5.23. The smallest absolute Gasteiger partial charge is 0.160 e. The highest BCUT2D eigenvalue weighted by molar-refractivity contribution is 5.69. The predicted octanol–water partition coefficient (Wildman–Crippen LogP) is 5.00. The van der Waals surface area contributed by atoms with Crippen molar-refractivity contribution in [2.45, 2.75) is 51.0 Å². The van der Waals surface area contributed by atoms with Gasteiger partial charge in [0.1, 0.15) is 11.6 Å². The lowest BCUT2D eigenvalue weighted by molar-refractivity contribution is 0.172. The quantitative estimate of drug-likeness (QED) is 0.467. The molecule has 0 bridgehead atoms. The van der Waals surface area contributed by atoms with E-state index in [1.54, 1.807) is 24.4 Å². The summed E-state index contributed by atoms with van der Waals surface area (Å²) >= 11 is 0. The van der Waals surface area contributed by atoms with Gasteiger partial charge >= 0.3 is 0 Å². The van der Waals surface area contributed by atoms with Gasteiger partial charge in [0, 0.05) is 39.8 Å². The molecule has 3 heterocycles. The van der Waals surface area contributed by atoms with Gasteiger partial charge in [-0.15, -0.1) is 0 Å². The number of benzene rings is 1. The van der Waals surface area contributed by atoms with Gasteiger partial charge in [-0.25, -0.2) is 14.4 Å². The molecular formula is C27H25FN4O2. The van der Waals surface area contributed by atoms with Gasteiger partial charge in [0.2, 0.25) is 0 Å². The van der Waals surface area contributed by atoms with Crippen LogP contribution in [0, 0.1) is 11.7 Å². The molecule has 0 unspecified atom stereocenters. The fraction of sp³-hybridized carbons (Fsp3) is 0.333. The van der Waals surface area contributed by atoms with E-state index in [-0.39, 0.29) is 23.8 Å². The number of halogens is 1. The molecule has 7 heteroatoms. The average Bonchev–Trinajstić information content (AvgIpc) is 3.32. The lowest BCUT2D eigenvalue weighted by atomic mass is 9.56. The molecule has 2 aliphatic carbocycles. The maximum absolute atomic E-state index is 15.0. The minimum Gasteiger partial charge on any atom is -0.390 e. The van der Waals surface area contributed by atoms with Crippen LogP contribution in [-0.4, -0.2) is 25.2 Å². The zero-order valence-electron chi connectivity index (χ0n) is 19.1. The van der Waals surface area contributed by atoms with Crippen molar-refractivity contribution in [1.82, 2.24) is 20.1 Å². The van der Waals surface area contributed by atoms with E-state index in [1.807, 2.05) is 18.3 Å². The molecule has 6 rings (SSSR count). The zero-order valence-corrected chi connectivity index (χ0v) is 19.1. The molecule has 0 aliphatic heterocycles. The predicted molar refractivity (Wildman–Crippen MR) is 124 cm³/mol. The van der Waals surface area contributed by atoms with Gasteiger partial charge in [-0.1, -0.05) is 31.1 Å². The number of aliphatic hydroxyl groups is 1. The van der Waals surface area contributed by atoms with Gasteiger partial charge in [-0.05, 0) is 49.4 Å². The number of pyridine rings is 1. The minimum atomic E-state index is -0.300. The Morgan fingerprint density at radius 2 is 2.06 bits per heavy atom. The van der Waals surface area contributed by atoms with Crippen LogP contribution in [0.15, 0.2) is 53.3 Å². The Balaban J connectivity index is 1.61. The van der Waals surface area contributed by atoms with E-state index in [0.29, 0.717) is 28.7 Å². The Morgan fingerprint density at radius 1 is 1.21 bits per heavy atom. The molecule has 172 valence electrons. The second kappa shape index (κ2) is 7.81. The van der Waals surface area contributed by atoms with Crippen molar-refractivity contribution in [2.24, 2.45) is 5.92 Å². The first-order valence-electron chi connectivity index (χ1n) is 11.7. The van der Waals surface area contributed by atoms with E-state index in [9.17, 15) is 5.11 Å². The highest BCUT2D eigenvalue weighted by Crippen LogP contribution is 2.54. The molecule has 34 heavy (non-hydrogen) atoms. The van der Waals surface area contributed by atoms with Crippen molar-refractivity contribution in [3.63, 3.8) is 0 Å². The molecule has 0 spiro atoms. The van der Waals surface area contributed by atoms with Gasteiger partial charge in [0.15, 0.2) is 5.82 Å².